The molecule has 2 N–H and O–H groups in total. The van der Waals surface area contributed by atoms with Crippen molar-refractivity contribution in [3.05, 3.63) is 105 Å². The van der Waals surface area contributed by atoms with Gasteiger partial charge < -0.3 is 10.6 Å². The fraction of sp³-hybridized carbons (Fsp3) is 0.0769. The maximum atomic E-state index is 13.7. The Bertz CT molecular complexity index is 1660. The van der Waals surface area contributed by atoms with Gasteiger partial charge in [0.15, 0.2) is 0 Å². The topological polar surface area (TPSA) is 91.5 Å². The fourth-order valence-corrected chi connectivity index (χ4v) is 4.35. The predicted molar refractivity (Wildman–Crippen MR) is 139 cm³/mol. The number of aromatic nitrogens is 4. The minimum Gasteiger partial charge on any atom is -0.371 e. The molecule has 0 saturated heterocycles. The van der Waals surface area contributed by atoms with Gasteiger partial charge in [-0.25, -0.2) is 8.78 Å². The highest BCUT2D eigenvalue weighted by molar-refractivity contribution is 6.32. The predicted octanol–water partition coefficient (Wildman–Crippen LogP) is 6.77. The maximum absolute atomic E-state index is 13.7. The molecule has 0 aliphatic carbocycles. The van der Waals surface area contributed by atoms with Gasteiger partial charge in [-0.15, -0.1) is 5.10 Å². The largest absolute Gasteiger partial charge is 0.371 e. The lowest BCUT2D eigenvalue weighted by molar-refractivity contribution is 0.626. The number of nitriles is 1. The summed E-state index contributed by atoms with van der Waals surface area (Å²) < 4.78 is 28.9. The quantitative estimate of drug-likeness (QED) is 0.249. The van der Waals surface area contributed by atoms with Crippen LogP contribution in [0.25, 0.3) is 10.9 Å². The van der Waals surface area contributed by atoms with E-state index >= 15 is 0 Å². The highest BCUT2D eigenvalue weighted by Gasteiger charge is 2.21. The summed E-state index contributed by atoms with van der Waals surface area (Å²) in [5.74, 6) is -0.921. The molecule has 0 aliphatic heterocycles. The van der Waals surface area contributed by atoms with Gasteiger partial charge >= 0.3 is 0 Å². The summed E-state index contributed by atoms with van der Waals surface area (Å²) in [6, 6.07) is 15.2. The van der Waals surface area contributed by atoms with E-state index < -0.39 is 11.9 Å². The molecule has 0 saturated carbocycles. The number of hydrogen-bond acceptors (Lipinski definition) is 6. The number of nitrogens with one attached hydrogen (secondary N) is 2. The van der Waals surface area contributed by atoms with E-state index in [9.17, 15) is 14.0 Å². The van der Waals surface area contributed by atoms with Gasteiger partial charge in [0.1, 0.15) is 23.4 Å². The Morgan fingerprint density at radius 2 is 1.84 bits per heavy atom. The Balaban J connectivity index is 1.64. The number of rotatable bonds is 6. The number of nitrogens with zero attached hydrogens (tertiary/aromatic N) is 5. The van der Waals surface area contributed by atoms with Crippen LogP contribution < -0.4 is 10.6 Å². The van der Waals surface area contributed by atoms with E-state index in [1.54, 1.807) is 42.2 Å². The molecule has 2 heterocycles. The van der Waals surface area contributed by atoms with E-state index in [-0.39, 0.29) is 16.4 Å². The molecule has 7 nitrogen and oxygen atoms in total. The Labute approximate surface area is 220 Å². The molecule has 0 amide bonds. The SMILES string of the molecule is Cn1cc(C(Nc2cc(Cl)cc3c(Nc4ccc(F)c(Cl)c4)c(C#N)cnc23)c2ccc(F)cc2)nn1. The lowest BCUT2D eigenvalue weighted by Gasteiger charge is -2.21. The Morgan fingerprint density at radius 3 is 2.51 bits per heavy atom. The molecule has 37 heavy (non-hydrogen) atoms. The van der Waals surface area contributed by atoms with Crippen molar-refractivity contribution in [1.29, 1.82) is 5.26 Å². The van der Waals surface area contributed by atoms with Crippen LogP contribution in [0, 0.1) is 23.0 Å². The van der Waals surface area contributed by atoms with Gasteiger partial charge in [-0.05, 0) is 48.0 Å². The monoisotopic (exact) mass is 535 g/mol. The normalized spacial score (nSPS) is 11.8. The molecule has 0 fully saturated rings. The first-order valence-corrected chi connectivity index (χ1v) is 11.7. The van der Waals surface area contributed by atoms with Gasteiger partial charge in [0, 0.05) is 29.3 Å². The average molecular weight is 536 g/mol. The van der Waals surface area contributed by atoms with Gasteiger partial charge in [-0.3, -0.25) is 9.67 Å². The van der Waals surface area contributed by atoms with Crippen LogP contribution in [0.2, 0.25) is 10.0 Å². The smallest absolute Gasteiger partial charge is 0.141 e. The van der Waals surface area contributed by atoms with Crippen molar-refractivity contribution in [2.24, 2.45) is 7.05 Å². The van der Waals surface area contributed by atoms with E-state index in [4.69, 9.17) is 23.2 Å². The molecular formula is C26H17Cl2F2N7. The van der Waals surface area contributed by atoms with Gasteiger partial charge in [0.25, 0.3) is 0 Å². The van der Waals surface area contributed by atoms with Gasteiger partial charge in [-0.2, -0.15) is 5.26 Å². The zero-order valence-corrected chi connectivity index (χ0v) is 20.7. The van der Waals surface area contributed by atoms with E-state index in [2.05, 4.69) is 32.0 Å². The Morgan fingerprint density at radius 1 is 1.05 bits per heavy atom. The third kappa shape index (κ3) is 5.03. The van der Waals surface area contributed by atoms with Gasteiger partial charge in [0.2, 0.25) is 0 Å². The lowest BCUT2D eigenvalue weighted by atomic mass is 10.0. The molecule has 0 radical (unpaired) electrons. The summed E-state index contributed by atoms with van der Waals surface area (Å²) in [5, 5.41) is 25.4. The zero-order chi connectivity index (χ0) is 26.1. The second-order valence-corrected chi connectivity index (χ2v) is 9.05. The maximum Gasteiger partial charge on any atom is 0.141 e. The molecular weight excluding hydrogens is 519 g/mol. The van der Waals surface area contributed by atoms with Crippen molar-refractivity contribution in [1.82, 2.24) is 20.0 Å². The zero-order valence-electron chi connectivity index (χ0n) is 19.2. The Hall–Kier alpha value is -4.26. The molecule has 184 valence electrons. The molecule has 0 bridgehead atoms. The molecule has 0 aliphatic rings. The third-order valence-electron chi connectivity index (χ3n) is 5.66. The van der Waals surface area contributed by atoms with Crippen molar-refractivity contribution in [3.63, 3.8) is 0 Å². The van der Waals surface area contributed by atoms with Gasteiger partial charge in [-0.1, -0.05) is 40.5 Å². The second kappa shape index (κ2) is 10.0. The van der Waals surface area contributed by atoms with Crippen molar-refractivity contribution in [2.75, 3.05) is 10.6 Å². The van der Waals surface area contributed by atoms with E-state index in [0.29, 0.717) is 38.7 Å². The summed E-state index contributed by atoms with van der Waals surface area (Å²) in [5.41, 5.74) is 3.55. The summed E-state index contributed by atoms with van der Waals surface area (Å²) in [4.78, 5) is 4.52. The van der Waals surface area contributed by atoms with E-state index in [1.807, 2.05) is 0 Å². The number of hydrogen-bond donors (Lipinski definition) is 2. The van der Waals surface area contributed by atoms with Crippen molar-refractivity contribution >= 4 is 51.2 Å². The first-order valence-electron chi connectivity index (χ1n) is 10.9. The molecule has 0 spiro atoms. The van der Waals surface area contributed by atoms with Crippen LogP contribution in [0.4, 0.5) is 25.8 Å². The van der Waals surface area contributed by atoms with Crippen molar-refractivity contribution in [3.8, 4) is 6.07 Å². The van der Waals surface area contributed by atoms with Crippen molar-refractivity contribution in [2.45, 2.75) is 6.04 Å². The van der Waals surface area contributed by atoms with Crippen LogP contribution in [0.15, 0.2) is 67.0 Å². The van der Waals surface area contributed by atoms with Crippen LogP contribution in [0.3, 0.4) is 0 Å². The third-order valence-corrected chi connectivity index (χ3v) is 6.17. The van der Waals surface area contributed by atoms with Crippen molar-refractivity contribution < 1.29 is 8.78 Å². The van der Waals surface area contributed by atoms with E-state index in [0.717, 1.165) is 5.56 Å². The molecule has 5 aromatic rings. The van der Waals surface area contributed by atoms with Gasteiger partial charge in [0.05, 0.1) is 39.7 Å². The van der Waals surface area contributed by atoms with Crippen LogP contribution in [-0.2, 0) is 7.05 Å². The minimum absolute atomic E-state index is 0.0617. The fourth-order valence-electron chi connectivity index (χ4n) is 3.95. The standard InChI is InChI=1S/C26H17Cl2F2N7/c1-37-13-23(35-36-37)25(14-2-4-17(29)5-3-14)34-22-9-16(27)8-19-24(15(11-31)12-32-26(19)22)33-18-6-7-21(30)20(28)10-18/h2-10,12-13,25,34H,1H3,(H,32,33). The summed E-state index contributed by atoms with van der Waals surface area (Å²) in [7, 11) is 1.75. The number of fused-ring (bicyclic) bond motifs is 1. The average Bonchev–Trinajstić information content (AvgIpc) is 3.31. The molecule has 1 unspecified atom stereocenters. The minimum atomic E-state index is -0.558. The van der Waals surface area contributed by atoms with Crippen LogP contribution in [-0.4, -0.2) is 20.0 Å². The molecule has 3 aromatic carbocycles. The number of anilines is 3. The van der Waals surface area contributed by atoms with Crippen LogP contribution in [0.5, 0.6) is 0 Å². The number of benzene rings is 3. The molecule has 5 rings (SSSR count). The first-order chi connectivity index (χ1) is 17.8. The highest BCUT2D eigenvalue weighted by atomic mass is 35.5. The first kappa shape index (κ1) is 24.4. The number of aryl methyl sites for hydroxylation is 1. The second-order valence-electron chi connectivity index (χ2n) is 8.21. The van der Waals surface area contributed by atoms with Crippen LogP contribution >= 0.6 is 23.2 Å². The lowest BCUT2D eigenvalue weighted by Crippen LogP contribution is -2.14. The summed E-state index contributed by atoms with van der Waals surface area (Å²) in [6.45, 7) is 0. The highest BCUT2D eigenvalue weighted by Crippen LogP contribution is 2.37. The molecule has 1 atom stereocenters. The summed E-state index contributed by atoms with van der Waals surface area (Å²) in [6.07, 6.45) is 3.18. The van der Waals surface area contributed by atoms with E-state index in [1.165, 1.54) is 36.5 Å². The molecule has 2 aromatic heterocycles. The summed E-state index contributed by atoms with van der Waals surface area (Å²) >= 11 is 12.5. The van der Waals surface area contributed by atoms with Crippen LogP contribution in [0.1, 0.15) is 22.9 Å². The number of pyridine rings is 1. The number of halogens is 4. The molecule has 11 heteroatoms. The Kier molecular flexibility index (Phi) is 6.61.